The maximum atomic E-state index is 12.8. The van der Waals surface area contributed by atoms with Crippen molar-refractivity contribution >= 4 is 11.7 Å². The maximum Gasteiger partial charge on any atom is 0.253 e. The van der Waals surface area contributed by atoms with Crippen LogP contribution < -0.4 is 5.73 Å². The number of carbonyl (C=O) groups excluding carboxylic acids is 1. The Morgan fingerprint density at radius 3 is 2.33 bits per heavy atom. The van der Waals surface area contributed by atoms with Gasteiger partial charge in [0.15, 0.2) is 11.6 Å². The summed E-state index contributed by atoms with van der Waals surface area (Å²) in [6, 6.07) is 9.69. The van der Waals surface area contributed by atoms with Crippen LogP contribution in [0, 0.1) is 0 Å². The normalized spacial score (nSPS) is 18.7. The van der Waals surface area contributed by atoms with E-state index in [9.17, 15) is 9.90 Å². The molecule has 1 aromatic carbocycles. The van der Waals surface area contributed by atoms with Crippen LogP contribution in [0.1, 0.15) is 36.0 Å². The molecule has 4 rings (SSSR count). The highest BCUT2D eigenvalue weighted by Gasteiger charge is 2.28. The molecule has 0 unspecified atom stereocenters. The lowest BCUT2D eigenvalue weighted by molar-refractivity contribution is 0.0644. The average molecular weight is 366 g/mol. The van der Waals surface area contributed by atoms with Crippen molar-refractivity contribution in [3.8, 4) is 16.9 Å². The van der Waals surface area contributed by atoms with E-state index in [2.05, 4.69) is 9.88 Å². The number of likely N-dealkylation sites (tertiary alicyclic amines) is 2. The largest absolute Gasteiger partial charge is 0.504 e. The number of piperidine rings is 1. The molecule has 2 saturated heterocycles. The van der Waals surface area contributed by atoms with Gasteiger partial charge in [0.2, 0.25) is 0 Å². The minimum absolute atomic E-state index is 0.0338. The smallest absolute Gasteiger partial charge is 0.253 e. The van der Waals surface area contributed by atoms with Gasteiger partial charge in [0.05, 0.1) is 0 Å². The lowest BCUT2D eigenvalue weighted by Crippen LogP contribution is -2.45. The number of hydrogen-bond acceptors (Lipinski definition) is 5. The minimum atomic E-state index is -0.0338. The van der Waals surface area contributed by atoms with Gasteiger partial charge in [-0.25, -0.2) is 4.98 Å². The molecule has 2 aromatic rings. The number of nitrogen functional groups attached to an aromatic ring is 1. The van der Waals surface area contributed by atoms with E-state index in [0.717, 1.165) is 37.1 Å². The molecule has 1 aromatic heterocycles. The first-order valence-corrected chi connectivity index (χ1v) is 9.70. The Kier molecular flexibility index (Phi) is 4.99. The van der Waals surface area contributed by atoms with E-state index < -0.39 is 0 Å². The first-order valence-electron chi connectivity index (χ1n) is 9.70. The summed E-state index contributed by atoms with van der Waals surface area (Å²) >= 11 is 0. The van der Waals surface area contributed by atoms with Crippen molar-refractivity contribution in [3.05, 3.63) is 42.1 Å². The summed E-state index contributed by atoms with van der Waals surface area (Å²) in [5, 5.41) is 9.72. The quantitative estimate of drug-likeness (QED) is 0.873. The van der Waals surface area contributed by atoms with Gasteiger partial charge in [0, 0.05) is 36.5 Å². The van der Waals surface area contributed by atoms with E-state index in [1.54, 1.807) is 12.3 Å². The number of hydrogen-bond donors (Lipinski definition) is 2. The Hall–Kier alpha value is -2.60. The van der Waals surface area contributed by atoms with Crippen molar-refractivity contribution in [1.82, 2.24) is 14.8 Å². The monoisotopic (exact) mass is 366 g/mol. The van der Waals surface area contributed by atoms with E-state index in [-0.39, 0.29) is 17.5 Å². The van der Waals surface area contributed by atoms with Crippen molar-refractivity contribution < 1.29 is 9.90 Å². The zero-order valence-corrected chi connectivity index (χ0v) is 15.5. The van der Waals surface area contributed by atoms with E-state index in [0.29, 0.717) is 11.6 Å². The van der Waals surface area contributed by atoms with E-state index in [1.807, 2.05) is 29.2 Å². The molecule has 0 bridgehead atoms. The summed E-state index contributed by atoms with van der Waals surface area (Å²) in [7, 11) is 0. The van der Waals surface area contributed by atoms with Crippen LogP contribution in [0.25, 0.3) is 11.1 Å². The average Bonchev–Trinajstić information content (AvgIpc) is 3.25. The van der Waals surface area contributed by atoms with Crippen LogP contribution in [0.5, 0.6) is 5.75 Å². The topological polar surface area (TPSA) is 82.7 Å². The number of pyridine rings is 1. The van der Waals surface area contributed by atoms with Gasteiger partial charge in [-0.1, -0.05) is 12.1 Å². The molecule has 3 N–H and O–H groups in total. The van der Waals surface area contributed by atoms with Crippen LogP contribution in [0.3, 0.4) is 0 Å². The molecule has 1 amide bonds. The summed E-state index contributed by atoms with van der Waals surface area (Å²) in [6.07, 6.45) is 6.38. The van der Waals surface area contributed by atoms with Crippen molar-refractivity contribution in [3.63, 3.8) is 0 Å². The Labute approximate surface area is 159 Å². The number of aromatic hydroxyl groups is 1. The fourth-order valence-electron chi connectivity index (χ4n) is 4.15. The van der Waals surface area contributed by atoms with Crippen molar-refractivity contribution in [2.75, 3.05) is 31.9 Å². The highest BCUT2D eigenvalue weighted by Crippen LogP contribution is 2.27. The third-order valence-corrected chi connectivity index (χ3v) is 5.77. The molecule has 142 valence electrons. The first-order chi connectivity index (χ1) is 13.1. The zero-order valence-electron chi connectivity index (χ0n) is 15.5. The fourth-order valence-corrected chi connectivity index (χ4v) is 4.15. The zero-order chi connectivity index (χ0) is 18.8. The van der Waals surface area contributed by atoms with Crippen molar-refractivity contribution in [2.24, 2.45) is 0 Å². The molecule has 2 aliphatic rings. The molecule has 2 aliphatic heterocycles. The minimum Gasteiger partial charge on any atom is -0.504 e. The SMILES string of the molecule is Nc1ncc(-c2ccc(C(=O)N3CCC(N4CCCC4)CC3)cc2)cc1O. The second-order valence-corrected chi connectivity index (χ2v) is 7.47. The molecular formula is C21H26N4O2. The molecule has 0 aliphatic carbocycles. The lowest BCUT2D eigenvalue weighted by atomic mass is 10.0. The molecule has 0 radical (unpaired) electrons. The molecule has 6 nitrogen and oxygen atoms in total. The molecule has 3 heterocycles. The number of amides is 1. The number of carbonyl (C=O) groups is 1. The molecule has 0 saturated carbocycles. The van der Waals surface area contributed by atoms with Gasteiger partial charge in [0.1, 0.15) is 0 Å². The van der Waals surface area contributed by atoms with E-state index >= 15 is 0 Å². The van der Waals surface area contributed by atoms with Gasteiger partial charge in [0.25, 0.3) is 5.91 Å². The van der Waals surface area contributed by atoms with Crippen LogP contribution in [-0.4, -0.2) is 58.0 Å². The van der Waals surface area contributed by atoms with E-state index in [1.165, 1.54) is 25.9 Å². The second kappa shape index (κ2) is 7.56. The van der Waals surface area contributed by atoms with Crippen LogP contribution in [0.4, 0.5) is 5.82 Å². The van der Waals surface area contributed by atoms with Gasteiger partial charge in [-0.2, -0.15) is 0 Å². The molecule has 0 spiro atoms. The van der Waals surface area contributed by atoms with E-state index in [4.69, 9.17) is 5.73 Å². The summed E-state index contributed by atoms with van der Waals surface area (Å²) in [6.45, 7) is 4.10. The summed E-state index contributed by atoms with van der Waals surface area (Å²) in [5.41, 5.74) is 7.91. The Bertz CT molecular complexity index is 807. The Balaban J connectivity index is 1.40. The molecular weight excluding hydrogens is 340 g/mol. The van der Waals surface area contributed by atoms with Gasteiger partial charge in [-0.05, 0) is 62.5 Å². The van der Waals surface area contributed by atoms with Crippen molar-refractivity contribution in [1.29, 1.82) is 0 Å². The number of rotatable bonds is 3. The summed E-state index contributed by atoms with van der Waals surface area (Å²) in [5.74, 6) is 0.177. The summed E-state index contributed by atoms with van der Waals surface area (Å²) in [4.78, 5) is 21.4. The third-order valence-electron chi connectivity index (χ3n) is 5.77. The predicted molar refractivity (Wildman–Crippen MR) is 105 cm³/mol. The molecule has 2 fully saturated rings. The number of nitrogens with zero attached hydrogens (tertiary/aromatic N) is 3. The van der Waals surface area contributed by atoms with Gasteiger partial charge >= 0.3 is 0 Å². The Morgan fingerprint density at radius 2 is 1.70 bits per heavy atom. The van der Waals surface area contributed by atoms with Gasteiger partial charge in [-0.3, -0.25) is 4.79 Å². The lowest BCUT2D eigenvalue weighted by Gasteiger charge is -2.36. The highest BCUT2D eigenvalue weighted by molar-refractivity contribution is 5.94. The number of aromatic nitrogens is 1. The van der Waals surface area contributed by atoms with Crippen LogP contribution >= 0.6 is 0 Å². The van der Waals surface area contributed by atoms with Gasteiger partial charge < -0.3 is 20.6 Å². The third kappa shape index (κ3) is 3.76. The molecule has 27 heavy (non-hydrogen) atoms. The van der Waals surface area contributed by atoms with Crippen LogP contribution in [0.15, 0.2) is 36.5 Å². The van der Waals surface area contributed by atoms with Crippen LogP contribution in [0.2, 0.25) is 0 Å². The van der Waals surface area contributed by atoms with Crippen molar-refractivity contribution in [2.45, 2.75) is 31.7 Å². The molecule has 6 heteroatoms. The first kappa shape index (κ1) is 17.8. The highest BCUT2D eigenvalue weighted by atomic mass is 16.3. The fraction of sp³-hybridized carbons (Fsp3) is 0.429. The maximum absolute atomic E-state index is 12.8. The predicted octanol–water partition coefficient (Wildman–Crippen LogP) is 2.74. The van der Waals surface area contributed by atoms with Gasteiger partial charge in [-0.15, -0.1) is 0 Å². The van der Waals surface area contributed by atoms with Crippen LogP contribution in [-0.2, 0) is 0 Å². The second-order valence-electron chi connectivity index (χ2n) is 7.47. The Morgan fingerprint density at radius 1 is 1.04 bits per heavy atom. The molecule has 0 atom stereocenters. The number of benzene rings is 1. The summed E-state index contributed by atoms with van der Waals surface area (Å²) < 4.78 is 0. The standard InChI is InChI=1S/C21H26N4O2/c22-20-19(26)13-17(14-23-20)15-3-5-16(6-4-15)21(27)25-11-7-18(8-12-25)24-9-1-2-10-24/h3-6,13-14,18,26H,1-2,7-12H2,(H2,22,23). The number of anilines is 1. The number of nitrogens with two attached hydrogens (primary N) is 1.